The first-order chi connectivity index (χ1) is 18.7. The Morgan fingerprint density at radius 2 is 1.72 bits per heavy atom. The monoisotopic (exact) mass is 575 g/mol. The average molecular weight is 576 g/mol. The Morgan fingerprint density at radius 3 is 2.38 bits per heavy atom. The maximum atomic E-state index is 13.2. The van der Waals surface area contributed by atoms with Crippen LogP contribution in [0, 0.1) is 0 Å². The number of aliphatic carboxylic acids is 1. The van der Waals surface area contributed by atoms with E-state index in [-0.39, 0.29) is 25.0 Å². The van der Waals surface area contributed by atoms with Gasteiger partial charge in [0.1, 0.15) is 18.1 Å². The van der Waals surface area contributed by atoms with Crippen LogP contribution in [-0.4, -0.2) is 85.7 Å². The van der Waals surface area contributed by atoms with E-state index in [9.17, 15) is 24.3 Å². The van der Waals surface area contributed by atoms with Gasteiger partial charge in [-0.1, -0.05) is 18.2 Å². The van der Waals surface area contributed by atoms with Crippen molar-refractivity contribution in [2.75, 3.05) is 17.8 Å². The first-order valence-corrected chi connectivity index (χ1v) is 14.3. The number of amides is 3. The topological polar surface area (TPSA) is 195 Å². The van der Waals surface area contributed by atoms with Crippen molar-refractivity contribution in [3.8, 4) is 0 Å². The summed E-state index contributed by atoms with van der Waals surface area (Å²) in [4.78, 5) is 60.6. The van der Waals surface area contributed by atoms with Crippen LogP contribution in [0.3, 0.4) is 0 Å². The van der Waals surface area contributed by atoms with E-state index in [0.717, 1.165) is 16.5 Å². The van der Waals surface area contributed by atoms with E-state index >= 15 is 0 Å². The lowest BCUT2D eigenvalue weighted by molar-refractivity contribution is -0.142. The fourth-order valence-electron chi connectivity index (χ4n) is 3.97. The number of thiol groups is 1. The van der Waals surface area contributed by atoms with Gasteiger partial charge >= 0.3 is 5.97 Å². The largest absolute Gasteiger partial charge is 0.480 e. The van der Waals surface area contributed by atoms with Crippen LogP contribution >= 0.6 is 24.4 Å². The Kier molecular flexibility index (Phi) is 11.3. The van der Waals surface area contributed by atoms with Crippen molar-refractivity contribution in [2.24, 2.45) is 5.73 Å². The summed E-state index contributed by atoms with van der Waals surface area (Å²) in [7, 11) is 0. The molecule has 2 aromatic heterocycles. The minimum absolute atomic E-state index is 0.0382. The maximum absolute atomic E-state index is 13.2. The number of aromatic amines is 2. The summed E-state index contributed by atoms with van der Waals surface area (Å²) in [6.07, 6.45) is 7.09. The van der Waals surface area contributed by atoms with Gasteiger partial charge in [0, 0.05) is 47.6 Å². The molecule has 14 heteroatoms. The first-order valence-electron chi connectivity index (χ1n) is 12.2. The lowest BCUT2D eigenvalue weighted by Crippen LogP contribution is -2.58. The molecule has 3 amide bonds. The number of hydrogen-bond acceptors (Lipinski definition) is 8. The van der Waals surface area contributed by atoms with E-state index in [1.807, 2.05) is 30.5 Å². The molecule has 0 aliphatic carbocycles. The molecule has 12 nitrogen and oxygen atoms in total. The Morgan fingerprint density at radius 1 is 1.03 bits per heavy atom. The molecule has 39 heavy (non-hydrogen) atoms. The molecule has 0 aliphatic rings. The van der Waals surface area contributed by atoms with Crippen LogP contribution in [0.15, 0.2) is 43.0 Å². The van der Waals surface area contributed by atoms with E-state index in [1.54, 1.807) is 12.4 Å². The highest BCUT2D eigenvalue weighted by molar-refractivity contribution is 7.98. The molecule has 4 unspecified atom stereocenters. The number of fused-ring (bicyclic) bond motifs is 1. The molecule has 3 rings (SSSR count). The third kappa shape index (κ3) is 8.50. The van der Waals surface area contributed by atoms with E-state index in [0.29, 0.717) is 11.4 Å². The van der Waals surface area contributed by atoms with Gasteiger partial charge in [-0.15, -0.1) is 0 Å². The van der Waals surface area contributed by atoms with Gasteiger partial charge in [-0.2, -0.15) is 24.4 Å². The number of benzene rings is 1. The Balaban J connectivity index is 1.65. The minimum atomic E-state index is -1.22. The number of hydrogen-bond donors (Lipinski definition) is 8. The Labute approximate surface area is 235 Å². The number of carbonyl (C=O) groups excluding carboxylic acids is 3. The number of aromatic nitrogens is 3. The van der Waals surface area contributed by atoms with Gasteiger partial charge in [-0.25, -0.2) is 9.78 Å². The van der Waals surface area contributed by atoms with Gasteiger partial charge in [0.05, 0.1) is 12.4 Å². The molecular formula is C25H33N7O5S2. The van der Waals surface area contributed by atoms with Crippen LogP contribution in [0.25, 0.3) is 10.9 Å². The molecule has 210 valence electrons. The molecule has 8 N–H and O–H groups in total. The standard InChI is InChI=1S/C25H33N7O5S2/c1-39-7-6-19(30-24(35)21(12-38)32-22(33)17(26)9-15-11-27-13-29-15)23(34)31-20(25(36)37)8-14-10-28-18-5-3-2-4-16(14)18/h2-5,10-11,13,17,19-21,28,38H,6-9,12,26H2,1H3,(H,27,29)(H,30,35)(H,31,34)(H,32,33)(H,36,37). The van der Waals surface area contributed by atoms with Crippen LogP contribution < -0.4 is 21.7 Å². The van der Waals surface area contributed by atoms with Crippen LogP contribution in [0.4, 0.5) is 0 Å². The highest BCUT2D eigenvalue weighted by Crippen LogP contribution is 2.19. The van der Waals surface area contributed by atoms with Crippen molar-refractivity contribution in [1.29, 1.82) is 0 Å². The van der Waals surface area contributed by atoms with E-state index < -0.39 is 47.9 Å². The maximum Gasteiger partial charge on any atom is 0.326 e. The van der Waals surface area contributed by atoms with Gasteiger partial charge in [0.25, 0.3) is 0 Å². The van der Waals surface area contributed by atoms with Crippen LogP contribution in [-0.2, 0) is 32.0 Å². The highest BCUT2D eigenvalue weighted by atomic mass is 32.2. The molecule has 0 radical (unpaired) electrons. The number of rotatable bonds is 15. The molecule has 0 saturated carbocycles. The second-order valence-electron chi connectivity index (χ2n) is 8.94. The third-order valence-electron chi connectivity index (χ3n) is 6.10. The highest BCUT2D eigenvalue weighted by Gasteiger charge is 2.30. The molecule has 3 aromatic rings. The molecule has 2 heterocycles. The van der Waals surface area contributed by atoms with Gasteiger partial charge < -0.3 is 36.8 Å². The van der Waals surface area contributed by atoms with Gasteiger partial charge in [-0.3, -0.25) is 14.4 Å². The molecule has 1 aromatic carbocycles. The normalized spacial score (nSPS) is 14.2. The van der Waals surface area contributed by atoms with Gasteiger partial charge in [-0.05, 0) is 30.1 Å². The number of thioether (sulfide) groups is 1. The first kappa shape index (κ1) is 30.1. The van der Waals surface area contributed by atoms with Crippen molar-refractivity contribution in [3.63, 3.8) is 0 Å². The molecule has 0 bridgehead atoms. The number of carboxylic acid groups (broad SMARTS) is 1. The molecule has 0 fully saturated rings. The van der Waals surface area contributed by atoms with Crippen molar-refractivity contribution < 1.29 is 24.3 Å². The van der Waals surface area contributed by atoms with Gasteiger partial charge in [0.2, 0.25) is 17.7 Å². The summed E-state index contributed by atoms with van der Waals surface area (Å²) >= 11 is 5.65. The number of imidazole rings is 1. The number of carbonyl (C=O) groups is 4. The zero-order chi connectivity index (χ0) is 28.4. The third-order valence-corrected chi connectivity index (χ3v) is 7.11. The Bertz CT molecular complexity index is 1270. The van der Waals surface area contributed by atoms with Gasteiger partial charge in [0.15, 0.2) is 0 Å². The predicted molar refractivity (Wildman–Crippen MR) is 153 cm³/mol. The smallest absolute Gasteiger partial charge is 0.326 e. The van der Waals surface area contributed by atoms with Crippen molar-refractivity contribution in [2.45, 2.75) is 43.4 Å². The number of H-pyrrole nitrogens is 2. The lowest BCUT2D eigenvalue weighted by Gasteiger charge is -2.24. The fraction of sp³-hybridized carbons (Fsp3) is 0.400. The number of nitrogens with one attached hydrogen (secondary N) is 5. The van der Waals surface area contributed by atoms with E-state index in [2.05, 4.69) is 43.5 Å². The quantitative estimate of drug-likeness (QED) is 0.118. The summed E-state index contributed by atoms with van der Waals surface area (Å²) in [5.41, 5.74) is 8.23. The van der Waals surface area contributed by atoms with Crippen molar-refractivity contribution in [3.05, 3.63) is 54.2 Å². The molecule has 0 spiro atoms. The minimum Gasteiger partial charge on any atom is -0.480 e. The van der Waals surface area contributed by atoms with E-state index in [4.69, 9.17) is 5.73 Å². The number of nitrogens with two attached hydrogens (primary N) is 1. The zero-order valence-corrected chi connectivity index (χ0v) is 23.1. The second-order valence-corrected chi connectivity index (χ2v) is 10.3. The Hall–Kier alpha value is -3.49. The summed E-state index contributed by atoms with van der Waals surface area (Å²) < 4.78 is 0. The van der Waals surface area contributed by atoms with Crippen molar-refractivity contribution in [1.82, 2.24) is 30.9 Å². The zero-order valence-electron chi connectivity index (χ0n) is 21.3. The summed E-state index contributed by atoms with van der Waals surface area (Å²) in [5, 5.41) is 18.4. The summed E-state index contributed by atoms with van der Waals surface area (Å²) in [6, 6.07) is 3.24. The SMILES string of the molecule is CSCCC(NC(=O)C(CS)NC(=O)C(N)Cc1cnc[nH]1)C(=O)NC(Cc1c[nH]c2ccccc12)C(=O)O. The predicted octanol–water partition coefficient (Wildman–Crippen LogP) is 0.225. The number of para-hydroxylation sites is 1. The summed E-state index contributed by atoms with van der Waals surface area (Å²) in [6.45, 7) is 0. The molecule has 0 saturated heterocycles. The van der Waals surface area contributed by atoms with Crippen LogP contribution in [0.5, 0.6) is 0 Å². The second kappa shape index (κ2) is 14.6. The molecule has 0 aliphatic heterocycles. The lowest BCUT2D eigenvalue weighted by atomic mass is 10.0. The van der Waals surface area contributed by atoms with E-state index in [1.165, 1.54) is 18.1 Å². The van der Waals surface area contributed by atoms with Crippen LogP contribution in [0.2, 0.25) is 0 Å². The number of nitrogens with zero attached hydrogens (tertiary/aromatic N) is 1. The average Bonchev–Trinajstić information content (AvgIpc) is 3.58. The molecule has 4 atom stereocenters. The van der Waals surface area contributed by atoms with Crippen molar-refractivity contribution >= 4 is 59.0 Å². The van der Waals surface area contributed by atoms with Crippen LogP contribution in [0.1, 0.15) is 17.7 Å². The number of carboxylic acids is 1. The summed E-state index contributed by atoms with van der Waals surface area (Å²) in [5.74, 6) is -2.53. The fourth-order valence-corrected chi connectivity index (χ4v) is 4.70. The molecular weight excluding hydrogens is 542 g/mol.